The molecule has 5 atom stereocenters. The van der Waals surface area contributed by atoms with Gasteiger partial charge in [0.15, 0.2) is 17.3 Å². The van der Waals surface area contributed by atoms with Crippen molar-refractivity contribution in [1.82, 2.24) is 4.98 Å². The Morgan fingerprint density at radius 3 is 2.64 bits per heavy atom. The molecule has 4 nitrogen and oxygen atoms in total. The van der Waals surface area contributed by atoms with Crippen LogP contribution in [0.2, 0.25) is 0 Å². The number of aryl methyl sites for hydroxylation is 1. The lowest BCUT2D eigenvalue weighted by molar-refractivity contribution is -0.781. The maximum Gasteiger partial charge on any atom is 0.217 e. The molecule has 224 valence electrons. The molecule has 0 amide bonds. The molecular weight excluding hydrogens is 550 g/mol. The highest BCUT2D eigenvalue weighted by Gasteiger charge is 2.71. The first kappa shape index (κ1) is 27.0. The monoisotopic (exact) mass is 590 g/mol. The number of pyridine rings is 2. The van der Waals surface area contributed by atoms with E-state index < -0.39 is 0 Å². The van der Waals surface area contributed by atoms with E-state index >= 15 is 0 Å². The fourth-order valence-corrected chi connectivity index (χ4v) is 9.75. The number of furan rings is 1. The van der Waals surface area contributed by atoms with E-state index in [1.165, 1.54) is 65.6 Å². The van der Waals surface area contributed by atoms with Crippen LogP contribution in [0.5, 0.6) is 0 Å². The molecule has 2 aliphatic carbocycles. The SMILES string of the molecule is C=CC1=NC2C(C=C)C3(Cc4c(C)nc5c(oc6ccccc65)c4-c4cc(C(C)C5CCCCC5)cc[n+]43)C2c2ccccc21. The van der Waals surface area contributed by atoms with Crippen molar-refractivity contribution in [3.63, 3.8) is 0 Å². The van der Waals surface area contributed by atoms with Crippen LogP contribution < -0.4 is 4.57 Å². The molecule has 2 aromatic carbocycles. The van der Waals surface area contributed by atoms with Gasteiger partial charge in [-0.2, -0.15) is 4.57 Å². The molecule has 4 heteroatoms. The molecule has 2 aliphatic heterocycles. The van der Waals surface area contributed by atoms with Crippen LogP contribution in [0.15, 0.2) is 102 Å². The fourth-order valence-electron chi connectivity index (χ4n) is 9.75. The number of benzene rings is 2. The highest BCUT2D eigenvalue weighted by Crippen LogP contribution is 2.61. The van der Waals surface area contributed by atoms with Gasteiger partial charge in [0, 0.05) is 35.2 Å². The Labute approximate surface area is 265 Å². The minimum atomic E-state index is -0.250. The van der Waals surface area contributed by atoms with Gasteiger partial charge in [-0.05, 0) is 66.5 Å². The largest absolute Gasteiger partial charge is 0.453 e. The van der Waals surface area contributed by atoms with Gasteiger partial charge < -0.3 is 4.42 Å². The average molecular weight is 591 g/mol. The Morgan fingerprint density at radius 1 is 1.02 bits per heavy atom. The lowest BCUT2D eigenvalue weighted by Gasteiger charge is -2.57. The summed E-state index contributed by atoms with van der Waals surface area (Å²) in [4.78, 5) is 10.6. The lowest BCUT2D eigenvalue weighted by atomic mass is 9.48. The van der Waals surface area contributed by atoms with Crippen molar-refractivity contribution in [2.24, 2.45) is 16.8 Å². The Hall–Kier alpha value is -4.31. The molecule has 9 rings (SSSR count). The van der Waals surface area contributed by atoms with Gasteiger partial charge in [0.2, 0.25) is 5.69 Å². The fraction of sp³-hybridized carbons (Fsp3) is 0.341. The van der Waals surface area contributed by atoms with E-state index in [4.69, 9.17) is 14.4 Å². The van der Waals surface area contributed by atoms with Gasteiger partial charge in [-0.25, -0.2) is 4.98 Å². The number of hydrogen-bond donors (Lipinski definition) is 0. The first-order valence-corrected chi connectivity index (χ1v) is 16.8. The predicted molar refractivity (Wildman–Crippen MR) is 182 cm³/mol. The number of para-hydroxylation sites is 1. The molecular formula is C41H40N3O+. The van der Waals surface area contributed by atoms with Crippen molar-refractivity contribution in [3.8, 4) is 11.3 Å². The molecule has 0 saturated heterocycles. The van der Waals surface area contributed by atoms with Gasteiger partial charge in [0.25, 0.3) is 0 Å². The molecule has 5 aromatic rings. The van der Waals surface area contributed by atoms with Crippen LogP contribution >= 0.6 is 0 Å². The molecule has 0 radical (unpaired) electrons. The second-order valence-electron chi connectivity index (χ2n) is 13.9. The summed E-state index contributed by atoms with van der Waals surface area (Å²) in [7, 11) is 0. The number of fused-ring (bicyclic) bond motifs is 12. The Bertz CT molecular complexity index is 2080. The van der Waals surface area contributed by atoms with Gasteiger partial charge >= 0.3 is 0 Å². The molecule has 2 saturated carbocycles. The van der Waals surface area contributed by atoms with E-state index in [1.54, 1.807) is 0 Å². The minimum Gasteiger partial charge on any atom is -0.453 e. The third-order valence-electron chi connectivity index (χ3n) is 12.0. The van der Waals surface area contributed by atoms with E-state index in [1.807, 2.05) is 12.1 Å². The summed E-state index contributed by atoms with van der Waals surface area (Å²) >= 11 is 0. The van der Waals surface area contributed by atoms with Gasteiger partial charge in [-0.15, -0.1) is 6.58 Å². The first-order valence-electron chi connectivity index (χ1n) is 16.8. The normalized spacial score (nSPS) is 25.9. The van der Waals surface area contributed by atoms with Crippen LogP contribution in [-0.2, 0) is 12.0 Å². The maximum absolute atomic E-state index is 6.71. The molecule has 2 fully saturated rings. The van der Waals surface area contributed by atoms with E-state index in [2.05, 4.69) is 98.4 Å². The van der Waals surface area contributed by atoms with Crippen molar-refractivity contribution in [2.45, 2.75) is 75.8 Å². The molecule has 0 N–H and O–H groups in total. The third-order valence-corrected chi connectivity index (χ3v) is 12.0. The molecule has 0 bridgehead atoms. The first-order chi connectivity index (χ1) is 22.0. The zero-order chi connectivity index (χ0) is 30.4. The van der Waals surface area contributed by atoms with E-state index in [9.17, 15) is 0 Å². The van der Waals surface area contributed by atoms with Crippen molar-refractivity contribution in [3.05, 3.63) is 120 Å². The van der Waals surface area contributed by atoms with Crippen molar-refractivity contribution in [2.75, 3.05) is 0 Å². The topological polar surface area (TPSA) is 42.3 Å². The second-order valence-corrected chi connectivity index (χ2v) is 13.9. The number of nitrogens with zero attached hydrogens (tertiary/aromatic N) is 3. The quantitative estimate of drug-likeness (QED) is 0.155. The summed E-state index contributed by atoms with van der Waals surface area (Å²) in [5.41, 5.74) is 12.3. The molecule has 4 aliphatic rings. The van der Waals surface area contributed by atoms with Crippen molar-refractivity contribution in [1.29, 1.82) is 0 Å². The Balaban J connectivity index is 1.32. The van der Waals surface area contributed by atoms with E-state index in [0.29, 0.717) is 5.92 Å². The van der Waals surface area contributed by atoms with Crippen LogP contribution in [0.25, 0.3) is 33.3 Å². The molecule has 5 heterocycles. The predicted octanol–water partition coefficient (Wildman–Crippen LogP) is 9.14. The number of rotatable bonds is 4. The van der Waals surface area contributed by atoms with Crippen LogP contribution in [0.1, 0.15) is 78.8 Å². The van der Waals surface area contributed by atoms with Gasteiger partial charge in [-0.3, -0.25) is 4.99 Å². The third kappa shape index (κ3) is 3.57. The van der Waals surface area contributed by atoms with Crippen LogP contribution in [-0.4, -0.2) is 16.7 Å². The maximum atomic E-state index is 6.71. The Morgan fingerprint density at radius 2 is 1.82 bits per heavy atom. The second kappa shape index (κ2) is 9.84. The molecule has 3 aromatic heterocycles. The zero-order valence-electron chi connectivity index (χ0n) is 26.3. The zero-order valence-corrected chi connectivity index (χ0v) is 26.3. The summed E-state index contributed by atoms with van der Waals surface area (Å²) in [6.07, 6.45) is 14.1. The average Bonchev–Trinajstić information content (AvgIpc) is 3.45. The Kier molecular flexibility index (Phi) is 5.91. The van der Waals surface area contributed by atoms with Gasteiger partial charge in [0.1, 0.15) is 11.1 Å². The summed E-state index contributed by atoms with van der Waals surface area (Å²) < 4.78 is 9.32. The number of aliphatic imine (C=N–C) groups is 1. The minimum absolute atomic E-state index is 0.122. The summed E-state index contributed by atoms with van der Waals surface area (Å²) in [5, 5.41) is 1.08. The van der Waals surface area contributed by atoms with Crippen LogP contribution in [0.4, 0.5) is 0 Å². The van der Waals surface area contributed by atoms with E-state index in [0.717, 1.165) is 45.8 Å². The lowest BCUT2D eigenvalue weighted by Crippen LogP contribution is -2.77. The molecule has 1 spiro atoms. The van der Waals surface area contributed by atoms with Crippen molar-refractivity contribution < 1.29 is 8.98 Å². The highest BCUT2D eigenvalue weighted by atomic mass is 16.3. The van der Waals surface area contributed by atoms with Crippen LogP contribution in [0.3, 0.4) is 0 Å². The van der Waals surface area contributed by atoms with Crippen LogP contribution in [0, 0.1) is 18.8 Å². The molecule has 45 heavy (non-hydrogen) atoms. The summed E-state index contributed by atoms with van der Waals surface area (Å²) in [6.45, 7) is 13.2. The van der Waals surface area contributed by atoms with Crippen molar-refractivity contribution >= 4 is 27.8 Å². The number of allylic oxidation sites excluding steroid dienone is 1. The number of hydrogen-bond acceptors (Lipinski definition) is 3. The smallest absolute Gasteiger partial charge is 0.217 e. The number of aromatic nitrogens is 2. The standard InChI is InChI=1S/C41H40N3O/c1-5-32-39-37(29-17-11-10-16-28(29)33(6-2)43-39)41(32)23-31-25(4)42-38-30-18-12-13-19-35(30)45-40(38)36(31)34-22-27(20-21-44(34)41)24(3)26-14-8-7-9-15-26/h5-6,10-13,16-22,24,26,32,37,39H,1-2,7-9,14-15,23H2,3-4H3/q+1. The van der Waals surface area contributed by atoms with Gasteiger partial charge in [-0.1, -0.05) is 75.2 Å². The summed E-state index contributed by atoms with van der Waals surface area (Å²) in [5.74, 6) is 1.61. The van der Waals surface area contributed by atoms with E-state index in [-0.39, 0.29) is 23.4 Å². The highest BCUT2D eigenvalue weighted by molar-refractivity contribution is 6.11. The van der Waals surface area contributed by atoms with Gasteiger partial charge in [0.05, 0.1) is 29.2 Å². The summed E-state index contributed by atoms with van der Waals surface area (Å²) in [6, 6.07) is 22.2. The molecule has 5 unspecified atom stereocenters.